The summed E-state index contributed by atoms with van der Waals surface area (Å²) in [4.78, 5) is 11.6. The van der Waals surface area contributed by atoms with Gasteiger partial charge in [0.1, 0.15) is 10.6 Å². The summed E-state index contributed by atoms with van der Waals surface area (Å²) in [5, 5.41) is 7.89. The van der Waals surface area contributed by atoms with E-state index in [9.17, 15) is 13.2 Å². The van der Waals surface area contributed by atoms with Crippen molar-refractivity contribution in [3.63, 3.8) is 0 Å². The number of benzene rings is 1. The molecule has 1 aromatic rings. The van der Waals surface area contributed by atoms with Crippen LogP contribution in [-0.2, 0) is 14.8 Å². The Bertz CT molecular complexity index is 617. The van der Waals surface area contributed by atoms with Crippen LogP contribution >= 0.6 is 15.9 Å². The number of rotatable bonds is 6. The molecule has 0 aliphatic carbocycles. The predicted octanol–water partition coefficient (Wildman–Crippen LogP) is 1.64. The van der Waals surface area contributed by atoms with Gasteiger partial charge in [0.05, 0.1) is 0 Å². The third-order valence-corrected chi connectivity index (χ3v) is 4.39. The van der Waals surface area contributed by atoms with Crippen molar-refractivity contribution in [2.45, 2.75) is 31.7 Å². The highest BCUT2D eigenvalue weighted by molar-refractivity contribution is 9.10. The minimum absolute atomic E-state index is 0.00345. The summed E-state index contributed by atoms with van der Waals surface area (Å²) in [7, 11) is -3.93. The first kappa shape index (κ1) is 17.9. The molecule has 0 aliphatic rings. The van der Waals surface area contributed by atoms with Gasteiger partial charge >= 0.3 is 0 Å². The average molecular weight is 379 g/mol. The molecule has 0 aromatic heterocycles. The van der Waals surface area contributed by atoms with E-state index in [0.29, 0.717) is 10.4 Å². The van der Waals surface area contributed by atoms with Crippen molar-refractivity contribution in [2.24, 2.45) is 11.1 Å². The highest BCUT2D eigenvalue weighted by Crippen LogP contribution is 2.26. The number of carbonyl (C=O) groups is 1. The summed E-state index contributed by atoms with van der Waals surface area (Å²) in [6, 6.07) is 4.39. The lowest BCUT2D eigenvalue weighted by molar-refractivity contribution is -0.124. The summed E-state index contributed by atoms with van der Waals surface area (Å²) in [5.74, 6) is 0.0224. The van der Waals surface area contributed by atoms with Gasteiger partial charge in [-0.25, -0.2) is 13.6 Å². The van der Waals surface area contributed by atoms with Crippen LogP contribution in [0.5, 0.6) is 5.75 Å². The average Bonchev–Trinajstić information content (AvgIpc) is 2.35. The van der Waals surface area contributed by atoms with Crippen LogP contribution in [0, 0.1) is 5.92 Å². The van der Waals surface area contributed by atoms with E-state index in [1.807, 2.05) is 20.8 Å². The Morgan fingerprint density at radius 3 is 2.52 bits per heavy atom. The first-order valence-corrected chi connectivity index (χ1v) is 8.69. The van der Waals surface area contributed by atoms with Crippen LogP contribution in [0.2, 0.25) is 0 Å². The van der Waals surface area contributed by atoms with E-state index >= 15 is 0 Å². The van der Waals surface area contributed by atoms with Crippen LogP contribution in [0.1, 0.15) is 20.8 Å². The van der Waals surface area contributed by atoms with Crippen molar-refractivity contribution < 1.29 is 17.9 Å². The maximum atomic E-state index is 11.7. The Hall–Kier alpha value is -1.12. The first-order valence-electron chi connectivity index (χ1n) is 6.35. The largest absolute Gasteiger partial charge is 0.482 e. The topological polar surface area (TPSA) is 98.5 Å². The van der Waals surface area contributed by atoms with Gasteiger partial charge in [-0.15, -0.1) is 0 Å². The molecule has 0 heterocycles. The van der Waals surface area contributed by atoms with Crippen molar-refractivity contribution in [1.82, 2.24) is 5.32 Å². The summed E-state index contributed by atoms with van der Waals surface area (Å²) in [6.07, 6.45) is 0. The van der Waals surface area contributed by atoms with Gasteiger partial charge in [-0.05, 0) is 31.0 Å². The molecule has 8 heteroatoms. The summed E-state index contributed by atoms with van der Waals surface area (Å²) in [5.41, 5.74) is 0. The van der Waals surface area contributed by atoms with Crippen LogP contribution < -0.4 is 15.2 Å². The quantitative estimate of drug-likeness (QED) is 0.785. The van der Waals surface area contributed by atoms with Gasteiger partial charge in [0.15, 0.2) is 6.61 Å². The molecule has 6 nitrogen and oxygen atoms in total. The predicted molar refractivity (Wildman–Crippen MR) is 83.5 cm³/mol. The maximum Gasteiger partial charge on any atom is 0.258 e. The molecule has 1 atom stereocenters. The van der Waals surface area contributed by atoms with Crippen LogP contribution in [0.15, 0.2) is 27.6 Å². The molecule has 0 aliphatic heterocycles. The van der Waals surface area contributed by atoms with E-state index in [2.05, 4.69) is 21.2 Å². The molecule has 0 radical (unpaired) electrons. The smallest absolute Gasteiger partial charge is 0.258 e. The van der Waals surface area contributed by atoms with Gasteiger partial charge in [-0.3, -0.25) is 4.79 Å². The molecule has 1 aromatic carbocycles. The number of hydrogen-bond donors (Lipinski definition) is 2. The molecule has 1 unspecified atom stereocenters. The summed E-state index contributed by atoms with van der Waals surface area (Å²) < 4.78 is 28.8. The number of hydrogen-bond acceptors (Lipinski definition) is 4. The SMILES string of the molecule is CC(C)C(C)NC(=O)COc1ccc(Br)cc1S(N)(=O)=O. The van der Waals surface area contributed by atoms with Gasteiger partial charge in [-0.1, -0.05) is 29.8 Å². The molecule has 0 saturated heterocycles. The zero-order chi connectivity index (χ0) is 16.2. The van der Waals surface area contributed by atoms with Gasteiger partial charge in [0.25, 0.3) is 5.91 Å². The van der Waals surface area contributed by atoms with Crippen LogP contribution in [0.25, 0.3) is 0 Å². The Morgan fingerprint density at radius 1 is 1.38 bits per heavy atom. The number of primary sulfonamides is 1. The Balaban J connectivity index is 2.79. The second kappa shape index (κ2) is 7.24. The van der Waals surface area contributed by atoms with E-state index in [4.69, 9.17) is 9.88 Å². The number of ether oxygens (including phenoxy) is 1. The molecule has 1 amide bonds. The third kappa shape index (κ3) is 5.64. The number of carbonyl (C=O) groups excluding carboxylic acids is 1. The summed E-state index contributed by atoms with van der Waals surface area (Å²) in [6.45, 7) is 5.58. The number of nitrogens with one attached hydrogen (secondary N) is 1. The molecular weight excluding hydrogens is 360 g/mol. The second-order valence-corrected chi connectivity index (χ2v) is 7.47. The summed E-state index contributed by atoms with van der Waals surface area (Å²) >= 11 is 3.16. The van der Waals surface area contributed by atoms with Crippen molar-refractivity contribution in [2.75, 3.05) is 6.61 Å². The molecule has 1 rings (SSSR count). The van der Waals surface area contributed by atoms with Crippen LogP contribution in [0.4, 0.5) is 0 Å². The lowest BCUT2D eigenvalue weighted by Gasteiger charge is -2.18. The van der Waals surface area contributed by atoms with Crippen molar-refractivity contribution in [3.05, 3.63) is 22.7 Å². The minimum Gasteiger partial charge on any atom is -0.482 e. The zero-order valence-corrected chi connectivity index (χ0v) is 14.5. The fourth-order valence-electron chi connectivity index (χ4n) is 1.43. The fourth-order valence-corrected chi connectivity index (χ4v) is 2.64. The van der Waals surface area contributed by atoms with E-state index in [-0.39, 0.29) is 29.2 Å². The normalized spacial score (nSPS) is 13.0. The number of sulfonamides is 1. The van der Waals surface area contributed by atoms with Crippen LogP contribution in [0.3, 0.4) is 0 Å². The molecule has 21 heavy (non-hydrogen) atoms. The monoisotopic (exact) mass is 378 g/mol. The fraction of sp³-hybridized carbons (Fsp3) is 0.462. The van der Waals surface area contributed by atoms with E-state index in [1.165, 1.54) is 12.1 Å². The van der Waals surface area contributed by atoms with Gasteiger partial charge in [-0.2, -0.15) is 0 Å². The molecule has 118 valence electrons. The van der Waals surface area contributed by atoms with Crippen molar-refractivity contribution >= 4 is 31.9 Å². The Morgan fingerprint density at radius 2 is 2.00 bits per heavy atom. The molecule has 0 saturated carbocycles. The highest BCUT2D eigenvalue weighted by atomic mass is 79.9. The van der Waals surface area contributed by atoms with Gasteiger partial charge in [0, 0.05) is 10.5 Å². The molecule has 0 fully saturated rings. The molecule has 0 spiro atoms. The van der Waals surface area contributed by atoms with E-state index in [0.717, 1.165) is 0 Å². The molecule has 0 bridgehead atoms. The lowest BCUT2D eigenvalue weighted by Crippen LogP contribution is -2.39. The van der Waals surface area contributed by atoms with E-state index < -0.39 is 10.0 Å². The Labute approximate surface area is 133 Å². The molecule has 3 N–H and O–H groups in total. The van der Waals surface area contributed by atoms with Crippen molar-refractivity contribution in [1.29, 1.82) is 0 Å². The zero-order valence-electron chi connectivity index (χ0n) is 12.1. The van der Waals surface area contributed by atoms with Crippen LogP contribution in [-0.4, -0.2) is 27.0 Å². The standard InChI is InChI=1S/C13H19BrN2O4S/c1-8(2)9(3)16-13(17)7-20-11-5-4-10(14)6-12(11)21(15,18)19/h4-6,8-9H,7H2,1-3H3,(H,16,17)(H2,15,18,19). The molecular formula is C13H19BrN2O4S. The number of halogens is 1. The van der Waals surface area contributed by atoms with Gasteiger partial charge in [0.2, 0.25) is 10.0 Å². The number of nitrogens with two attached hydrogens (primary N) is 1. The van der Waals surface area contributed by atoms with E-state index in [1.54, 1.807) is 6.07 Å². The van der Waals surface area contributed by atoms with Crippen molar-refractivity contribution in [3.8, 4) is 5.75 Å². The lowest BCUT2D eigenvalue weighted by atomic mass is 10.1. The third-order valence-electron chi connectivity index (χ3n) is 2.96. The maximum absolute atomic E-state index is 11.7. The Kier molecular flexibility index (Phi) is 6.18. The number of amides is 1. The van der Waals surface area contributed by atoms with Gasteiger partial charge < -0.3 is 10.1 Å². The second-order valence-electron chi connectivity index (χ2n) is 5.02. The minimum atomic E-state index is -3.93. The highest BCUT2D eigenvalue weighted by Gasteiger charge is 2.17. The first-order chi connectivity index (χ1) is 9.61.